The Kier molecular flexibility index (Phi) is 6.49. The second-order valence-corrected chi connectivity index (χ2v) is 8.83. The van der Waals surface area contributed by atoms with Crippen LogP contribution in [0.5, 0.6) is 5.75 Å². The van der Waals surface area contributed by atoms with Crippen molar-refractivity contribution in [3.05, 3.63) is 23.8 Å². The second kappa shape index (κ2) is 9.47. The fourth-order valence-corrected chi connectivity index (χ4v) is 4.47. The Bertz CT molecular complexity index is 939. The molecule has 0 radical (unpaired) electrons. The number of hydrogen-bond acceptors (Lipinski definition) is 6. The third-order valence-corrected chi connectivity index (χ3v) is 6.46. The largest absolute Gasteiger partial charge is 0.496 e. The summed E-state index contributed by atoms with van der Waals surface area (Å²) in [5.74, 6) is 0.152. The second-order valence-electron chi connectivity index (χ2n) is 8.83. The van der Waals surface area contributed by atoms with Crippen LogP contribution in [0.2, 0.25) is 0 Å². The fourth-order valence-electron chi connectivity index (χ4n) is 4.47. The molecule has 1 aromatic carbocycles. The molecular weight excluding hydrogens is 410 g/mol. The maximum absolute atomic E-state index is 13.0. The monoisotopic (exact) mass is 439 g/mol. The van der Waals surface area contributed by atoms with Gasteiger partial charge >= 0.3 is 0 Å². The van der Waals surface area contributed by atoms with Gasteiger partial charge in [0.05, 0.1) is 13.2 Å². The van der Waals surface area contributed by atoms with Crippen LogP contribution >= 0.6 is 0 Å². The van der Waals surface area contributed by atoms with E-state index in [1.807, 2.05) is 18.2 Å². The molecule has 2 heterocycles. The van der Waals surface area contributed by atoms with Gasteiger partial charge in [-0.05, 0) is 37.3 Å². The molecule has 9 heteroatoms. The number of nitrogens with zero attached hydrogens (tertiary/aromatic N) is 1. The van der Waals surface area contributed by atoms with Crippen molar-refractivity contribution < 1.29 is 19.1 Å². The van der Waals surface area contributed by atoms with Crippen molar-refractivity contribution in [1.82, 2.24) is 16.0 Å². The number of ether oxygens (including phenoxy) is 1. The van der Waals surface area contributed by atoms with E-state index in [9.17, 15) is 19.6 Å². The van der Waals surface area contributed by atoms with Gasteiger partial charge in [0.25, 0.3) is 0 Å². The first-order chi connectivity index (χ1) is 15.5. The maximum Gasteiger partial charge on any atom is 0.243 e. The number of rotatable bonds is 9. The summed E-state index contributed by atoms with van der Waals surface area (Å²) in [6, 6.07) is 5.73. The van der Waals surface area contributed by atoms with Gasteiger partial charge in [-0.1, -0.05) is 18.9 Å². The number of hydrogen-bond donors (Lipinski definition) is 4. The van der Waals surface area contributed by atoms with Crippen LogP contribution in [0.1, 0.15) is 37.7 Å². The molecule has 3 amide bonds. The van der Waals surface area contributed by atoms with Crippen molar-refractivity contribution >= 4 is 23.4 Å². The highest BCUT2D eigenvalue weighted by Gasteiger charge is 2.36. The minimum atomic E-state index is -0.770. The lowest BCUT2D eigenvalue weighted by Gasteiger charge is -2.23. The van der Waals surface area contributed by atoms with Crippen LogP contribution in [-0.4, -0.2) is 49.5 Å². The molecule has 170 valence electrons. The summed E-state index contributed by atoms with van der Waals surface area (Å²) in [5, 5.41) is 21.1. The SMILES string of the molecule is COc1cccc2c1C[C@H](C(=O)N[C@@H](CC1CC1)C(=O)N[C@H](C#N)C[C@@H]1CCNC1=O)N2. The van der Waals surface area contributed by atoms with Crippen molar-refractivity contribution in [3.8, 4) is 11.8 Å². The number of benzene rings is 1. The van der Waals surface area contributed by atoms with Crippen molar-refractivity contribution in [2.24, 2.45) is 11.8 Å². The molecule has 2 aliphatic heterocycles. The van der Waals surface area contributed by atoms with Crippen LogP contribution in [-0.2, 0) is 20.8 Å². The van der Waals surface area contributed by atoms with E-state index in [2.05, 4.69) is 27.3 Å². The zero-order chi connectivity index (χ0) is 22.7. The van der Waals surface area contributed by atoms with Crippen LogP contribution in [0.3, 0.4) is 0 Å². The van der Waals surface area contributed by atoms with Gasteiger partial charge in [0.15, 0.2) is 0 Å². The number of fused-ring (bicyclic) bond motifs is 1. The predicted molar refractivity (Wildman–Crippen MR) is 117 cm³/mol. The van der Waals surface area contributed by atoms with Crippen LogP contribution in [0.4, 0.5) is 5.69 Å². The Morgan fingerprint density at radius 2 is 2.06 bits per heavy atom. The lowest BCUT2D eigenvalue weighted by Crippen LogP contribution is -2.53. The van der Waals surface area contributed by atoms with Crippen LogP contribution < -0.4 is 26.0 Å². The van der Waals surface area contributed by atoms with Crippen LogP contribution in [0.15, 0.2) is 18.2 Å². The minimum Gasteiger partial charge on any atom is -0.496 e. The van der Waals surface area contributed by atoms with Gasteiger partial charge in [0.1, 0.15) is 23.9 Å². The van der Waals surface area contributed by atoms with Crippen molar-refractivity contribution in [2.75, 3.05) is 19.0 Å². The number of anilines is 1. The lowest BCUT2D eigenvalue weighted by atomic mass is 9.98. The van der Waals surface area contributed by atoms with E-state index in [0.717, 1.165) is 29.8 Å². The van der Waals surface area contributed by atoms with Gasteiger partial charge in [-0.15, -0.1) is 0 Å². The molecule has 0 bridgehead atoms. The normalized spacial score (nSPS) is 23.2. The van der Waals surface area contributed by atoms with Crippen molar-refractivity contribution in [3.63, 3.8) is 0 Å². The first kappa shape index (κ1) is 21.9. The van der Waals surface area contributed by atoms with E-state index in [0.29, 0.717) is 31.7 Å². The first-order valence-corrected chi connectivity index (χ1v) is 11.2. The highest BCUT2D eigenvalue weighted by atomic mass is 16.5. The molecule has 1 aromatic rings. The summed E-state index contributed by atoms with van der Waals surface area (Å²) in [5.41, 5.74) is 1.80. The van der Waals surface area contributed by atoms with E-state index in [4.69, 9.17) is 4.74 Å². The lowest BCUT2D eigenvalue weighted by molar-refractivity contribution is -0.130. The standard InChI is InChI=1S/C23H29N5O4/c1-32-20-4-2-3-17-16(20)11-19(27-17)23(31)28-18(9-13-5-6-13)22(30)26-15(12-24)10-14-7-8-25-21(14)29/h2-4,13-15,18-19,27H,5-11H2,1H3,(H,25,29)(H,26,30)(H,28,31)/t14-,15-,18-,19+/m0/s1. The van der Waals surface area contributed by atoms with E-state index < -0.39 is 18.1 Å². The number of amides is 3. The van der Waals surface area contributed by atoms with Crippen molar-refractivity contribution in [1.29, 1.82) is 5.26 Å². The summed E-state index contributed by atoms with van der Waals surface area (Å²) in [6.45, 7) is 0.595. The molecule has 1 saturated carbocycles. The van der Waals surface area contributed by atoms with Gasteiger partial charge in [-0.3, -0.25) is 14.4 Å². The summed E-state index contributed by atoms with van der Waals surface area (Å²) < 4.78 is 5.39. The Balaban J connectivity index is 1.37. The Hall–Kier alpha value is -3.28. The molecule has 4 rings (SSSR count). The van der Waals surface area contributed by atoms with E-state index in [1.54, 1.807) is 7.11 Å². The molecule has 3 aliphatic rings. The van der Waals surface area contributed by atoms with Crippen LogP contribution in [0.25, 0.3) is 0 Å². The zero-order valence-electron chi connectivity index (χ0n) is 18.1. The number of methoxy groups -OCH3 is 1. The molecule has 0 unspecified atom stereocenters. The number of carbonyl (C=O) groups excluding carboxylic acids is 3. The Labute approximate surface area is 187 Å². The molecule has 1 saturated heterocycles. The van der Waals surface area contributed by atoms with Crippen molar-refractivity contribution in [2.45, 2.75) is 56.7 Å². The highest BCUT2D eigenvalue weighted by Crippen LogP contribution is 2.35. The third-order valence-electron chi connectivity index (χ3n) is 6.46. The number of carbonyl (C=O) groups is 3. The highest BCUT2D eigenvalue weighted by molar-refractivity contribution is 5.93. The number of nitriles is 1. The molecule has 2 fully saturated rings. The average molecular weight is 440 g/mol. The van der Waals surface area contributed by atoms with Gasteiger partial charge in [0, 0.05) is 30.1 Å². The Morgan fingerprint density at radius 1 is 1.25 bits per heavy atom. The fraction of sp³-hybridized carbons (Fsp3) is 0.565. The van der Waals surface area contributed by atoms with Gasteiger partial charge in [-0.2, -0.15) is 5.26 Å². The van der Waals surface area contributed by atoms with E-state index in [-0.39, 0.29) is 30.1 Å². The maximum atomic E-state index is 13.0. The molecule has 9 nitrogen and oxygen atoms in total. The molecule has 0 aromatic heterocycles. The quantitative estimate of drug-likeness (QED) is 0.451. The Morgan fingerprint density at radius 3 is 2.72 bits per heavy atom. The number of nitrogens with one attached hydrogen (secondary N) is 4. The predicted octanol–water partition coefficient (Wildman–Crippen LogP) is 0.851. The first-order valence-electron chi connectivity index (χ1n) is 11.2. The molecule has 32 heavy (non-hydrogen) atoms. The minimum absolute atomic E-state index is 0.0790. The van der Waals surface area contributed by atoms with Crippen LogP contribution in [0, 0.1) is 23.2 Å². The van der Waals surface area contributed by atoms with E-state index >= 15 is 0 Å². The molecule has 1 aliphatic carbocycles. The van der Waals surface area contributed by atoms with Gasteiger partial charge in [0.2, 0.25) is 17.7 Å². The van der Waals surface area contributed by atoms with Gasteiger partial charge < -0.3 is 26.0 Å². The summed E-state index contributed by atoms with van der Waals surface area (Å²) in [7, 11) is 1.60. The zero-order valence-corrected chi connectivity index (χ0v) is 18.1. The third kappa shape index (κ3) is 4.96. The summed E-state index contributed by atoms with van der Waals surface area (Å²) >= 11 is 0. The molecular formula is C23H29N5O4. The smallest absolute Gasteiger partial charge is 0.243 e. The average Bonchev–Trinajstić information content (AvgIpc) is 3.35. The molecule has 4 atom stereocenters. The van der Waals surface area contributed by atoms with E-state index in [1.165, 1.54) is 0 Å². The molecule has 0 spiro atoms. The topological polar surface area (TPSA) is 132 Å². The summed E-state index contributed by atoms with van der Waals surface area (Å²) in [4.78, 5) is 37.8. The molecule has 4 N–H and O–H groups in total. The summed E-state index contributed by atoms with van der Waals surface area (Å²) in [6.07, 6.45) is 4.02. The van der Waals surface area contributed by atoms with Gasteiger partial charge in [-0.25, -0.2) is 0 Å².